The Bertz CT molecular complexity index is 1010. The topological polar surface area (TPSA) is 108 Å². The normalized spacial score (nSPS) is 33.5. The van der Waals surface area contributed by atoms with Gasteiger partial charge in [0.2, 0.25) is 21.8 Å². The molecule has 5 aliphatic rings. The number of benzene rings is 1. The van der Waals surface area contributed by atoms with Crippen LogP contribution < -0.4 is 16.0 Å². The third-order valence-electron chi connectivity index (χ3n) is 7.94. The van der Waals surface area contributed by atoms with Crippen molar-refractivity contribution >= 4 is 27.5 Å². The van der Waals surface area contributed by atoms with Crippen LogP contribution in [0.3, 0.4) is 0 Å². The highest BCUT2D eigenvalue weighted by atomic mass is 32.2. The molecule has 9 heteroatoms. The smallest absolute Gasteiger partial charge is 0.247 e. The van der Waals surface area contributed by atoms with Crippen LogP contribution in [0.5, 0.6) is 0 Å². The van der Waals surface area contributed by atoms with E-state index in [9.17, 15) is 18.0 Å². The molecule has 1 aromatic carbocycles. The molecule has 5 fully saturated rings. The average Bonchev–Trinajstić information content (AvgIpc) is 2.81. The van der Waals surface area contributed by atoms with Crippen LogP contribution in [-0.2, 0) is 19.6 Å². The molecule has 0 aromatic heterocycles. The van der Waals surface area contributed by atoms with Crippen molar-refractivity contribution in [2.24, 2.45) is 23.7 Å². The quantitative estimate of drug-likeness (QED) is 0.547. The summed E-state index contributed by atoms with van der Waals surface area (Å²) in [5.41, 5.74) is 0.493. The minimum absolute atomic E-state index is 0.0881. The van der Waals surface area contributed by atoms with Gasteiger partial charge in [0.1, 0.15) is 6.04 Å². The molecule has 2 amide bonds. The van der Waals surface area contributed by atoms with Gasteiger partial charge in [-0.3, -0.25) is 9.59 Å². The van der Waals surface area contributed by atoms with Gasteiger partial charge in [0.25, 0.3) is 0 Å². The fourth-order valence-corrected chi connectivity index (χ4v) is 8.05. The molecule has 4 saturated carbocycles. The predicted molar refractivity (Wildman–Crippen MR) is 125 cm³/mol. The number of amides is 2. The van der Waals surface area contributed by atoms with Crippen molar-refractivity contribution in [3.63, 3.8) is 0 Å². The highest BCUT2D eigenvalue weighted by Gasteiger charge is 2.49. The standard InChI is InChI=1S/C24H32N4O4S/c1-2-22(29)26-19-3-5-20(6-4-19)33(31,32)28-8-7-25-21(14-28)24(30)27-23-17-10-15-9-16(12-17)13-18(23)11-15/h2-6,15-18,21,23,25H,1,7-14H2,(H,26,29)(H,27,30). The molecule has 3 N–H and O–H groups in total. The number of nitrogens with zero attached hydrogens (tertiary/aromatic N) is 1. The highest BCUT2D eigenvalue weighted by Crippen LogP contribution is 2.53. The summed E-state index contributed by atoms with van der Waals surface area (Å²) in [6, 6.07) is 5.72. The van der Waals surface area contributed by atoms with Crippen molar-refractivity contribution in [2.75, 3.05) is 25.0 Å². The Morgan fingerprint density at radius 3 is 2.27 bits per heavy atom. The summed E-state index contributed by atoms with van der Waals surface area (Å²) in [6.07, 6.45) is 7.41. The van der Waals surface area contributed by atoms with Crippen LogP contribution in [-0.4, -0.2) is 56.3 Å². The molecule has 1 unspecified atom stereocenters. The van der Waals surface area contributed by atoms with Crippen LogP contribution >= 0.6 is 0 Å². The molecule has 8 nitrogen and oxygen atoms in total. The van der Waals surface area contributed by atoms with E-state index in [1.807, 2.05) is 0 Å². The van der Waals surface area contributed by atoms with Gasteiger partial charge in [-0.25, -0.2) is 8.42 Å². The van der Waals surface area contributed by atoms with Gasteiger partial charge < -0.3 is 16.0 Å². The number of rotatable bonds is 6. The lowest BCUT2D eigenvalue weighted by Crippen LogP contribution is -2.62. The van der Waals surface area contributed by atoms with Crippen molar-refractivity contribution < 1.29 is 18.0 Å². The maximum Gasteiger partial charge on any atom is 0.247 e. The number of hydrogen-bond acceptors (Lipinski definition) is 5. The van der Waals surface area contributed by atoms with Gasteiger partial charge in [-0.05, 0) is 86.1 Å². The second-order valence-corrected chi connectivity index (χ2v) is 12.0. The summed E-state index contributed by atoms with van der Waals surface area (Å²) in [5, 5.41) is 9.11. The fourth-order valence-electron chi connectivity index (χ4n) is 6.60. The maximum absolute atomic E-state index is 13.2. The minimum atomic E-state index is -3.75. The molecule has 33 heavy (non-hydrogen) atoms. The summed E-state index contributed by atoms with van der Waals surface area (Å²) in [7, 11) is -3.75. The first-order valence-electron chi connectivity index (χ1n) is 11.9. The van der Waals surface area contributed by atoms with Crippen LogP contribution in [0.25, 0.3) is 0 Å². The summed E-state index contributed by atoms with van der Waals surface area (Å²) in [6.45, 7) is 4.24. The molecule has 4 aliphatic carbocycles. The third kappa shape index (κ3) is 4.46. The van der Waals surface area contributed by atoms with E-state index in [1.165, 1.54) is 48.5 Å². The number of sulfonamides is 1. The lowest BCUT2D eigenvalue weighted by molar-refractivity contribution is -0.127. The van der Waals surface area contributed by atoms with Crippen molar-refractivity contribution in [2.45, 2.75) is 49.1 Å². The molecule has 0 spiro atoms. The minimum Gasteiger partial charge on any atom is -0.351 e. The molecule has 1 saturated heterocycles. The molecule has 1 aliphatic heterocycles. The number of hydrogen-bond donors (Lipinski definition) is 3. The Morgan fingerprint density at radius 2 is 1.67 bits per heavy atom. The van der Waals surface area contributed by atoms with Gasteiger partial charge >= 0.3 is 0 Å². The van der Waals surface area contributed by atoms with Crippen molar-refractivity contribution in [1.82, 2.24) is 14.9 Å². The number of anilines is 1. The molecule has 0 radical (unpaired) electrons. The molecular weight excluding hydrogens is 440 g/mol. The van der Waals surface area contributed by atoms with Gasteiger partial charge in [0, 0.05) is 31.4 Å². The van der Waals surface area contributed by atoms with E-state index in [0.717, 1.165) is 17.9 Å². The van der Waals surface area contributed by atoms with E-state index in [0.29, 0.717) is 30.6 Å². The summed E-state index contributed by atoms with van der Waals surface area (Å²) < 4.78 is 27.8. The Hall–Kier alpha value is -2.23. The van der Waals surface area contributed by atoms with Gasteiger partial charge in [0.15, 0.2) is 0 Å². The van der Waals surface area contributed by atoms with E-state index in [2.05, 4.69) is 22.5 Å². The first-order chi connectivity index (χ1) is 15.8. The van der Waals surface area contributed by atoms with Gasteiger partial charge in [-0.1, -0.05) is 6.58 Å². The second-order valence-electron chi connectivity index (χ2n) is 10.1. The predicted octanol–water partition coefficient (Wildman–Crippen LogP) is 1.71. The Labute approximate surface area is 195 Å². The Morgan fingerprint density at radius 1 is 1.03 bits per heavy atom. The number of nitrogens with one attached hydrogen (secondary N) is 3. The lowest BCUT2D eigenvalue weighted by atomic mass is 9.54. The summed E-state index contributed by atoms with van der Waals surface area (Å²) in [4.78, 5) is 24.7. The summed E-state index contributed by atoms with van der Waals surface area (Å²) >= 11 is 0. The SMILES string of the molecule is C=CC(=O)Nc1ccc(S(=O)(=O)N2CCNC(C(=O)NC3C4CC5CC(C4)CC3C5)C2)cc1. The largest absolute Gasteiger partial charge is 0.351 e. The zero-order valence-electron chi connectivity index (χ0n) is 18.7. The molecule has 1 heterocycles. The summed E-state index contributed by atoms with van der Waals surface area (Å²) in [5.74, 6) is 2.38. The van der Waals surface area contributed by atoms with Crippen molar-refractivity contribution in [3.8, 4) is 0 Å². The zero-order valence-corrected chi connectivity index (χ0v) is 19.5. The highest BCUT2D eigenvalue weighted by molar-refractivity contribution is 7.89. The Balaban J connectivity index is 1.23. The molecule has 6 rings (SSSR count). The van der Waals surface area contributed by atoms with E-state index < -0.39 is 16.1 Å². The number of piperazine rings is 1. The monoisotopic (exact) mass is 472 g/mol. The maximum atomic E-state index is 13.2. The first-order valence-corrected chi connectivity index (χ1v) is 13.3. The lowest BCUT2D eigenvalue weighted by Gasteiger charge is -2.54. The van der Waals surface area contributed by atoms with Crippen LogP contribution in [0.15, 0.2) is 41.8 Å². The van der Waals surface area contributed by atoms with E-state index in [4.69, 9.17) is 0 Å². The second kappa shape index (κ2) is 8.85. The molecular formula is C24H32N4O4S. The van der Waals surface area contributed by atoms with Crippen LogP contribution in [0, 0.1) is 23.7 Å². The molecule has 1 aromatic rings. The van der Waals surface area contributed by atoms with E-state index >= 15 is 0 Å². The molecule has 1 atom stereocenters. The third-order valence-corrected chi connectivity index (χ3v) is 9.81. The number of carbonyl (C=O) groups excluding carboxylic acids is 2. The van der Waals surface area contributed by atoms with Crippen LogP contribution in [0.1, 0.15) is 32.1 Å². The molecule has 178 valence electrons. The van der Waals surface area contributed by atoms with Gasteiger partial charge in [-0.15, -0.1) is 0 Å². The van der Waals surface area contributed by atoms with Crippen molar-refractivity contribution in [1.29, 1.82) is 0 Å². The van der Waals surface area contributed by atoms with E-state index in [-0.39, 0.29) is 29.3 Å². The van der Waals surface area contributed by atoms with Crippen LogP contribution in [0.4, 0.5) is 5.69 Å². The van der Waals surface area contributed by atoms with Crippen LogP contribution in [0.2, 0.25) is 0 Å². The first kappa shape index (κ1) is 22.6. The zero-order chi connectivity index (χ0) is 23.2. The van der Waals surface area contributed by atoms with E-state index in [1.54, 1.807) is 12.1 Å². The van der Waals surface area contributed by atoms with Gasteiger partial charge in [0.05, 0.1) is 4.90 Å². The molecule has 4 bridgehead atoms. The Kier molecular flexibility index (Phi) is 6.05. The van der Waals surface area contributed by atoms with Crippen molar-refractivity contribution in [3.05, 3.63) is 36.9 Å². The number of carbonyl (C=O) groups is 2. The van der Waals surface area contributed by atoms with Gasteiger partial charge in [-0.2, -0.15) is 4.31 Å². The average molecular weight is 473 g/mol. The fraction of sp³-hybridized carbons (Fsp3) is 0.583.